The Morgan fingerprint density at radius 1 is 1.42 bits per heavy atom. The lowest BCUT2D eigenvalue weighted by atomic mass is 10.0. The van der Waals surface area contributed by atoms with Crippen molar-refractivity contribution in [1.29, 1.82) is 0 Å². The van der Waals surface area contributed by atoms with E-state index in [-0.39, 0.29) is 6.04 Å². The normalized spacial score (nSPS) is 22.6. The zero-order valence-corrected chi connectivity index (χ0v) is 12.4. The minimum Gasteiger partial charge on any atom is -0.390 e. The van der Waals surface area contributed by atoms with Crippen LogP contribution in [0.2, 0.25) is 0 Å². The molecule has 1 aromatic carbocycles. The van der Waals surface area contributed by atoms with E-state index in [1.807, 2.05) is 30.0 Å². The first-order chi connectivity index (χ1) is 9.16. The number of likely N-dealkylation sites (N-methyl/N-ethyl adjacent to an activating group) is 1. The second-order valence-corrected chi connectivity index (χ2v) is 6.53. The summed E-state index contributed by atoms with van der Waals surface area (Å²) in [6.45, 7) is 0.666. The van der Waals surface area contributed by atoms with E-state index in [4.69, 9.17) is 5.73 Å². The first-order valence-corrected chi connectivity index (χ1v) is 8.08. The van der Waals surface area contributed by atoms with Crippen LogP contribution in [0, 0.1) is 0 Å². The van der Waals surface area contributed by atoms with Gasteiger partial charge in [0.15, 0.2) is 0 Å². The minimum absolute atomic E-state index is 0.195. The third-order valence-corrected chi connectivity index (χ3v) is 4.96. The van der Waals surface area contributed by atoms with Crippen molar-refractivity contribution in [3.05, 3.63) is 35.9 Å². The summed E-state index contributed by atoms with van der Waals surface area (Å²) < 4.78 is 0. The molecule has 2 rings (SSSR count). The molecule has 3 N–H and O–H groups in total. The van der Waals surface area contributed by atoms with Gasteiger partial charge in [0.2, 0.25) is 0 Å². The van der Waals surface area contributed by atoms with Gasteiger partial charge in [-0.25, -0.2) is 0 Å². The van der Waals surface area contributed by atoms with Crippen molar-refractivity contribution in [3.8, 4) is 0 Å². The van der Waals surface area contributed by atoms with Crippen molar-refractivity contribution in [2.24, 2.45) is 5.73 Å². The fourth-order valence-corrected chi connectivity index (χ4v) is 3.77. The van der Waals surface area contributed by atoms with E-state index in [0.29, 0.717) is 12.6 Å². The predicted octanol–water partition coefficient (Wildman–Crippen LogP) is 1.35. The summed E-state index contributed by atoms with van der Waals surface area (Å²) in [4.78, 5) is 2.26. The summed E-state index contributed by atoms with van der Waals surface area (Å²) in [5.41, 5.74) is 7.30. The summed E-state index contributed by atoms with van der Waals surface area (Å²) in [5, 5.41) is 10.2. The van der Waals surface area contributed by atoms with Crippen LogP contribution in [0.3, 0.4) is 0 Å². The van der Waals surface area contributed by atoms with Gasteiger partial charge in [0.1, 0.15) is 0 Å². The maximum absolute atomic E-state index is 10.2. The van der Waals surface area contributed by atoms with Crippen molar-refractivity contribution in [2.45, 2.75) is 31.0 Å². The summed E-state index contributed by atoms with van der Waals surface area (Å²) in [5.74, 6) is 2.41. The highest BCUT2D eigenvalue weighted by Crippen LogP contribution is 2.21. The van der Waals surface area contributed by atoms with Gasteiger partial charge in [0.25, 0.3) is 0 Å². The Bertz CT molecular complexity index is 368. The molecular formula is C15H24N2OS. The molecule has 0 amide bonds. The first kappa shape index (κ1) is 14.9. The lowest BCUT2D eigenvalue weighted by Gasteiger charge is -2.28. The Balaban J connectivity index is 1.80. The Morgan fingerprint density at radius 2 is 2.16 bits per heavy atom. The number of benzene rings is 1. The smallest absolute Gasteiger partial charge is 0.0820 e. The molecule has 0 aliphatic carbocycles. The number of aliphatic hydroxyl groups excluding tert-OH is 1. The fourth-order valence-electron chi connectivity index (χ4n) is 2.47. The van der Waals surface area contributed by atoms with Crippen LogP contribution in [-0.2, 0) is 6.42 Å². The van der Waals surface area contributed by atoms with Gasteiger partial charge in [-0.05, 0) is 31.2 Å². The molecule has 1 heterocycles. The summed E-state index contributed by atoms with van der Waals surface area (Å²) in [7, 11) is 2.09. The van der Waals surface area contributed by atoms with Crippen LogP contribution in [-0.4, -0.2) is 53.3 Å². The zero-order valence-electron chi connectivity index (χ0n) is 11.5. The van der Waals surface area contributed by atoms with E-state index in [1.54, 1.807) is 0 Å². The minimum atomic E-state index is -0.462. The second-order valence-electron chi connectivity index (χ2n) is 5.38. The molecule has 0 radical (unpaired) electrons. The van der Waals surface area contributed by atoms with Crippen molar-refractivity contribution >= 4 is 11.8 Å². The molecule has 0 spiro atoms. The molecular weight excluding hydrogens is 256 g/mol. The standard InChI is InChI=1S/C15H24N2OS/c1-17(13-7-8-19-11-13)10-15(18)14(16)9-12-5-3-2-4-6-12/h2-6,13-15,18H,7-11,16H2,1H3. The SMILES string of the molecule is CN(CC(O)C(N)Cc1ccccc1)C1CCSC1. The van der Waals surface area contributed by atoms with E-state index in [9.17, 15) is 5.11 Å². The molecule has 0 aromatic heterocycles. The molecule has 1 saturated heterocycles. The number of nitrogens with zero attached hydrogens (tertiary/aromatic N) is 1. The summed E-state index contributed by atoms with van der Waals surface area (Å²) in [6.07, 6.45) is 1.49. The number of hydrogen-bond acceptors (Lipinski definition) is 4. The van der Waals surface area contributed by atoms with E-state index >= 15 is 0 Å². The van der Waals surface area contributed by atoms with E-state index in [0.717, 1.165) is 6.42 Å². The molecule has 3 unspecified atom stereocenters. The Hall–Kier alpha value is -0.550. The number of nitrogens with two attached hydrogens (primary N) is 1. The van der Waals surface area contributed by atoms with Gasteiger partial charge in [0.05, 0.1) is 6.10 Å². The van der Waals surface area contributed by atoms with Gasteiger partial charge < -0.3 is 10.8 Å². The van der Waals surface area contributed by atoms with E-state index in [2.05, 4.69) is 24.1 Å². The third-order valence-electron chi connectivity index (χ3n) is 3.81. The van der Waals surface area contributed by atoms with Crippen molar-refractivity contribution in [3.63, 3.8) is 0 Å². The predicted molar refractivity (Wildman–Crippen MR) is 82.5 cm³/mol. The highest BCUT2D eigenvalue weighted by molar-refractivity contribution is 7.99. The maximum atomic E-state index is 10.2. The summed E-state index contributed by atoms with van der Waals surface area (Å²) >= 11 is 1.99. The van der Waals surface area contributed by atoms with Gasteiger partial charge in [-0.2, -0.15) is 11.8 Å². The first-order valence-electron chi connectivity index (χ1n) is 6.92. The Kier molecular flexibility index (Phi) is 5.70. The maximum Gasteiger partial charge on any atom is 0.0820 e. The molecule has 3 atom stereocenters. The molecule has 106 valence electrons. The Morgan fingerprint density at radius 3 is 2.79 bits per heavy atom. The van der Waals surface area contributed by atoms with Crippen LogP contribution < -0.4 is 5.73 Å². The lowest BCUT2D eigenvalue weighted by molar-refractivity contribution is 0.0884. The molecule has 0 bridgehead atoms. The van der Waals surface area contributed by atoms with Crippen LogP contribution >= 0.6 is 11.8 Å². The topological polar surface area (TPSA) is 49.5 Å². The van der Waals surface area contributed by atoms with Gasteiger partial charge in [-0.3, -0.25) is 4.90 Å². The molecule has 3 nitrogen and oxygen atoms in total. The average molecular weight is 280 g/mol. The number of hydrogen-bond donors (Lipinski definition) is 2. The molecule has 1 fully saturated rings. The Labute approximate surface area is 120 Å². The van der Waals surface area contributed by atoms with Crippen LogP contribution in [0.4, 0.5) is 0 Å². The van der Waals surface area contributed by atoms with Gasteiger partial charge in [-0.15, -0.1) is 0 Å². The molecule has 1 aliphatic heterocycles. The quantitative estimate of drug-likeness (QED) is 0.826. The van der Waals surface area contributed by atoms with Crippen LogP contribution in [0.1, 0.15) is 12.0 Å². The molecule has 4 heteroatoms. The van der Waals surface area contributed by atoms with Crippen molar-refractivity contribution in [1.82, 2.24) is 4.90 Å². The second kappa shape index (κ2) is 7.29. The number of thioether (sulfide) groups is 1. The molecule has 1 aliphatic rings. The highest BCUT2D eigenvalue weighted by Gasteiger charge is 2.24. The lowest BCUT2D eigenvalue weighted by Crippen LogP contribution is -2.46. The van der Waals surface area contributed by atoms with Crippen LogP contribution in [0.25, 0.3) is 0 Å². The molecule has 1 aromatic rings. The van der Waals surface area contributed by atoms with E-state index < -0.39 is 6.10 Å². The van der Waals surface area contributed by atoms with Crippen molar-refractivity contribution in [2.75, 3.05) is 25.1 Å². The average Bonchev–Trinajstić information content (AvgIpc) is 2.93. The zero-order chi connectivity index (χ0) is 13.7. The van der Waals surface area contributed by atoms with Gasteiger partial charge in [0, 0.05) is 24.4 Å². The molecule has 19 heavy (non-hydrogen) atoms. The number of aliphatic hydroxyl groups is 1. The largest absolute Gasteiger partial charge is 0.390 e. The monoisotopic (exact) mass is 280 g/mol. The fraction of sp³-hybridized carbons (Fsp3) is 0.600. The highest BCUT2D eigenvalue weighted by atomic mass is 32.2. The van der Waals surface area contributed by atoms with Crippen molar-refractivity contribution < 1.29 is 5.11 Å². The molecule has 0 saturated carbocycles. The summed E-state index contributed by atoms with van der Waals surface area (Å²) in [6, 6.07) is 10.5. The van der Waals surface area contributed by atoms with Crippen LogP contribution in [0.5, 0.6) is 0 Å². The number of rotatable bonds is 6. The van der Waals surface area contributed by atoms with Gasteiger partial charge >= 0.3 is 0 Å². The van der Waals surface area contributed by atoms with Crippen LogP contribution in [0.15, 0.2) is 30.3 Å². The third kappa shape index (κ3) is 4.49. The van der Waals surface area contributed by atoms with E-state index in [1.165, 1.54) is 23.5 Å². The van der Waals surface area contributed by atoms with Gasteiger partial charge in [-0.1, -0.05) is 30.3 Å².